The standard InChI is InChI=1S/C8H13N3S/c1-2-10-8(9-1)7-11-3-5-12-6-4-11/h1-2H,3-7H2,(H,9,10). The number of aromatic nitrogens is 2. The largest absolute Gasteiger partial charge is 0.348 e. The van der Waals surface area contributed by atoms with Crippen LogP contribution in [0.25, 0.3) is 0 Å². The normalized spacial score (nSPS) is 19.7. The van der Waals surface area contributed by atoms with Crippen LogP contribution < -0.4 is 0 Å². The number of nitrogens with one attached hydrogen (secondary N) is 1. The lowest BCUT2D eigenvalue weighted by Gasteiger charge is -2.24. The molecular weight excluding hydrogens is 170 g/mol. The second-order valence-corrected chi connectivity index (χ2v) is 4.15. The van der Waals surface area contributed by atoms with E-state index >= 15 is 0 Å². The second kappa shape index (κ2) is 3.96. The Morgan fingerprint density at radius 1 is 1.50 bits per heavy atom. The van der Waals surface area contributed by atoms with Crippen LogP contribution in [0.1, 0.15) is 5.82 Å². The van der Waals surface area contributed by atoms with Gasteiger partial charge in [-0.1, -0.05) is 0 Å². The molecule has 1 aromatic heterocycles. The molecule has 3 nitrogen and oxygen atoms in total. The van der Waals surface area contributed by atoms with Gasteiger partial charge in [-0.05, 0) is 0 Å². The van der Waals surface area contributed by atoms with Crippen LogP contribution in [-0.2, 0) is 6.54 Å². The molecule has 1 N–H and O–H groups in total. The molecule has 1 saturated heterocycles. The molecule has 1 aromatic rings. The minimum Gasteiger partial charge on any atom is -0.348 e. The van der Waals surface area contributed by atoms with Gasteiger partial charge in [0, 0.05) is 37.0 Å². The van der Waals surface area contributed by atoms with Crippen LogP contribution in [0.3, 0.4) is 0 Å². The van der Waals surface area contributed by atoms with Crippen LogP contribution in [0.4, 0.5) is 0 Å². The molecule has 4 heteroatoms. The number of hydrogen-bond acceptors (Lipinski definition) is 3. The Labute approximate surface area is 76.6 Å². The van der Waals surface area contributed by atoms with E-state index in [9.17, 15) is 0 Å². The molecule has 0 atom stereocenters. The van der Waals surface area contributed by atoms with Crippen LogP contribution in [0, 0.1) is 0 Å². The van der Waals surface area contributed by atoms with Gasteiger partial charge in [0.15, 0.2) is 0 Å². The van der Waals surface area contributed by atoms with Crippen LogP contribution >= 0.6 is 11.8 Å². The van der Waals surface area contributed by atoms with Crippen molar-refractivity contribution >= 4 is 11.8 Å². The van der Waals surface area contributed by atoms with Crippen molar-refractivity contribution in [1.29, 1.82) is 0 Å². The SMILES string of the molecule is c1c[nH]c(CN2CCSCC2)n1. The van der Waals surface area contributed by atoms with Crippen LogP contribution in [0.15, 0.2) is 12.4 Å². The summed E-state index contributed by atoms with van der Waals surface area (Å²) in [5.74, 6) is 3.61. The fraction of sp³-hybridized carbons (Fsp3) is 0.625. The summed E-state index contributed by atoms with van der Waals surface area (Å²) in [5.41, 5.74) is 0. The molecule has 0 amide bonds. The first-order chi connectivity index (χ1) is 5.95. The van der Waals surface area contributed by atoms with Gasteiger partial charge in [-0.15, -0.1) is 0 Å². The van der Waals surface area contributed by atoms with Gasteiger partial charge >= 0.3 is 0 Å². The predicted molar refractivity (Wildman–Crippen MR) is 51.2 cm³/mol. The summed E-state index contributed by atoms with van der Waals surface area (Å²) in [5, 5.41) is 0. The molecule has 0 aliphatic carbocycles. The van der Waals surface area contributed by atoms with Crippen molar-refractivity contribution in [2.45, 2.75) is 6.54 Å². The minimum atomic E-state index is 0.980. The van der Waals surface area contributed by atoms with E-state index in [1.165, 1.54) is 24.6 Å². The number of hydrogen-bond donors (Lipinski definition) is 1. The van der Waals surface area contributed by atoms with Crippen LogP contribution in [-0.4, -0.2) is 39.5 Å². The van der Waals surface area contributed by atoms with E-state index in [-0.39, 0.29) is 0 Å². The zero-order valence-electron chi connectivity index (χ0n) is 6.99. The Hall–Kier alpha value is -0.480. The molecule has 2 heterocycles. The molecule has 0 spiro atoms. The highest BCUT2D eigenvalue weighted by Crippen LogP contribution is 2.10. The Morgan fingerprint density at radius 2 is 2.33 bits per heavy atom. The van der Waals surface area contributed by atoms with Crippen LogP contribution in [0.2, 0.25) is 0 Å². The molecule has 0 aromatic carbocycles. The fourth-order valence-corrected chi connectivity index (χ4v) is 2.33. The summed E-state index contributed by atoms with van der Waals surface area (Å²) in [6.45, 7) is 3.38. The highest BCUT2D eigenvalue weighted by molar-refractivity contribution is 7.99. The van der Waals surface area contributed by atoms with Gasteiger partial charge < -0.3 is 4.98 Å². The van der Waals surface area contributed by atoms with E-state index in [0.717, 1.165) is 12.4 Å². The number of H-pyrrole nitrogens is 1. The first-order valence-electron chi connectivity index (χ1n) is 4.23. The lowest BCUT2D eigenvalue weighted by atomic mass is 10.4. The van der Waals surface area contributed by atoms with E-state index in [1.54, 1.807) is 0 Å². The van der Waals surface area contributed by atoms with Crippen molar-refractivity contribution in [3.05, 3.63) is 18.2 Å². The second-order valence-electron chi connectivity index (χ2n) is 2.92. The maximum atomic E-state index is 4.21. The molecule has 0 radical (unpaired) electrons. The average Bonchev–Trinajstić information content (AvgIpc) is 2.59. The van der Waals surface area contributed by atoms with Crippen molar-refractivity contribution in [3.8, 4) is 0 Å². The number of nitrogens with zero attached hydrogens (tertiary/aromatic N) is 2. The molecule has 0 saturated carbocycles. The monoisotopic (exact) mass is 183 g/mol. The van der Waals surface area contributed by atoms with E-state index in [1.807, 2.05) is 24.2 Å². The summed E-state index contributed by atoms with van der Waals surface area (Å²) in [4.78, 5) is 9.77. The molecule has 2 rings (SSSR count). The Balaban J connectivity index is 1.86. The lowest BCUT2D eigenvalue weighted by Crippen LogP contribution is -2.32. The molecule has 1 aliphatic heterocycles. The third kappa shape index (κ3) is 2.01. The van der Waals surface area contributed by atoms with E-state index in [2.05, 4.69) is 14.9 Å². The van der Waals surface area contributed by atoms with Gasteiger partial charge in [-0.3, -0.25) is 4.90 Å². The average molecular weight is 183 g/mol. The summed E-state index contributed by atoms with van der Waals surface area (Å²) >= 11 is 2.04. The highest BCUT2D eigenvalue weighted by atomic mass is 32.2. The Bertz CT molecular complexity index is 216. The van der Waals surface area contributed by atoms with Gasteiger partial charge in [0.1, 0.15) is 5.82 Å². The van der Waals surface area contributed by atoms with Crippen LogP contribution in [0.5, 0.6) is 0 Å². The lowest BCUT2D eigenvalue weighted by molar-refractivity contribution is 0.288. The number of rotatable bonds is 2. The molecule has 0 bridgehead atoms. The summed E-state index contributed by atoms with van der Waals surface area (Å²) in [6, 6.07) is 0. The summed E-state index contributed by atoms with van der Waals surface area (Å²) in [7, 11) is 0. The number of thioether (sulfide) groups is 1. The Kier molecular flexibility index (Phi) is 2.68. The topological polar surface area (TPSA) is 31.9 Å². The molecule has 12 heavy (non-hydrogen) atoms. The molecule has 66 valence electrons. The molecule has 1 fully saturated rings. The van der Waals surface area contributed by atoms with E-state index < -0.39 is 0 Å². The van der Waals surface area contributed by atoms with Crippen molar-refractivity contribution in [2.75, 3.05) is 24.6 Å². The maximum Gasteiger partial charge on any atom is 0.120 e. The zero-order valence-corrected chi connectivity index (χ0v) is 7.81. The molecule has 0 unspecified atom stereocenters. The van der Waals surface area contributed by atoms with Crippen molar-refractivity contribution in [2.24, 2.45) is 0 Å². The van der Waals surface area contributed by atoms with Gasteiger partial charge in [-0.2, -0.15) is 11.8 Å². The van der Waals surface area contributed by atoms with Gasteiger partial charge in [0.05, 0.1) is 6.54 Å². The molecule has 1 aliphatic rings. The smallest absolute Gasteiger partial charge is 0.120 e. The maximum absolute atomic E-state index is 4.21. The number of imidazole rings is 1. The first kappa shape index (κ1) is 8.13. The van der Waals surface area contributed by atoms with Crippen molar-refractivity contribution in [3.63, 3.8) is 0 Å². The summed E-state index contributed by atoms with van der Waals surface area (Å²) in [6.07, 6.45) is 3.70. The van der Waals surface area contributed by atoms with E-state index in [4.69, 9.17) is 0 Å². The van der Waals surface area contributed by atoms with Crippen molar-refractivity contribution in [1.82, 2.24) is 14.9 Å². The Morgan fingerprint density at radius 3 is 3.00 bits per heavy atom. The molecular formula is C8H13N3S. The third-order valence-electron chi connectivity index (χ3n) is 2.03. The van der Waals surface area contributed by atoms with Gasteiger partial charge in [0.25, 0.3) is 0 Å². The first-order valence-corrected chi connectivity index (χ1v) is 5.39. The predicted octanol–water partition coefficient (Wildman–Crippen LogP) is 0.958. The van der Waals surface area contributed by atoms with Crippen molar-refractivity contribution < 1.29 is 0 Å². The fourth-order valence-electron chi connectivity index (χ4n) is 1.36. The third-order valence-corrected chi connectivity index (χ3v) is 2.97. The number of aromatic amines is 1. The summed E-state index contributed by atoms with van der Waals surface area (Å²) < 4.78 is 0. The van der Waals surface area contributed by atoms with Gasteiger partial charge in [-0.25, -0.2) is 4.98 Å². The quantitative estimate of drug-likeness (QED) is 0.741. The highest BCUT2D eigenvalue weighted by Gasteiger charge is 2.10. The minimum absolute atomic E-state index is 0.980. The van der Waals surface area contributed by atoms with E-state index in [0.29, 0.717) is 0 Å². The van der Waals surface area contributed by atoms with Gasteiger partial charge in [0.2, 0.25) is 0 Å². The zero-order chi connectivity index (χ0) is 8.23.